The van der Waals surface area contributed by atoms with Crippen LogP contribution < -0.4 is 5.32 Å². The molecule has 1 N–H and O–H groups in total. The van der Waals surface area contributed by atoms with E-state index in [0.29, 0.717) is 6.04 Å². The van der Waals surface area contributed by atoms with E-state index in [2.05, 4.69) is 38.2 Å². The number of rotatable bonds is 9. The van der Waals surface area contributed by atoms with E-state index in [1.807, 2.05) is 11.3 Å². The van der Waals surface area contributed by atoms with Crippen LogP contribution in [0.4, 0.5) is 0 Å². The molecule has 3 heteroatoms. The van der Waals surface area contributed by atoms with Crippen molar-refractivity contribution in [3.63, 3.8) is 0 Å². The lowest BCUT2D eigenvalue weighted by molar-refractivity contribution is 0.113. The summed E-state index contributed by atoms with van der Waals surface area (Å²) >= 11 is 1.91. The Morgan fingerprint density at radius 2 is 2.06 bits per heavy atom. The van der Waals surface area contributed by atoms with Crippen LogP contribution in [0.25, 0.3) is 0 Å². The molecule has 1 aromatic rings. The Morgan fingerprint density at radius 3 is 2.65 bits per heavy atom. The van der Waals surface area contributed by atoms with Crippen LogP contribution in [-0.2, 0) is 11.2 Å². The Hall–Kier alpha value is -0.380. The molecule has 0 saturated heterocycles. The predicted molar refractivity (Wildman–Crippen MR) is 75.8 cm³/mol. The average Bonchev–Trinajstić information content (AvgIpc) is 2.82. The lowest BCUT2D eigenvalue weighted by Gasteiger charge is -2.17. The van der Waals surface area contributed by atoms with Gasteiger partial charge in [0.1, 0.15) is 0 Å². The van der Waals surface area contributed by atoms with Crippen LogP contribution >= 0.6 is 11.3 Å². The number of hydrogen-bond acceptors (Lipinski definition) is 3. The Kier molecular flexibility index (Phi) is 7.49. The molecular weight excluding hydrogens is 230 g/mol. The molecule has 0 saturated carbocycles. The Morgan fingerprint density at radius 1 is 1.24 bits per heavy atom. The van der Waals surface area contributed by atoms with Gasteiger partial charge in [-0.2, -0.15) is 0 Å². The summed E-state index contributed by atoms with van der Waals surface area (Å²) in [5, 5.41) is 3.57. The molecule has 1 unspecified atom stereocenters. The molecule has 0 radical (unpaired) electrons. The maximum Gasteiger partial charge on any atom is 0.0669 e. The van der Waals surface area contributed by atoms with Crippen LogP contribution in [0.15, 0.2) is 12.1 Å². The first-order chi connectivity index (χ1) is 8.31. The van der Waals surface area contributed by atoms with Crippen molar-refractivity contribution in [2.75, 3.05) is 19.8 Å². The zero-order valence-electron chi connectivity index (χ0n) is 11.3. The minimum absolute atomic E-state index is 0.367. The van der Waals surface area contributed by atoms with Crippen molar-refractivity contribution in [3.05, 3.63) is 21.9 Å². The first kappa shape index (κ1) is 14.7. The fraction of sp³-hybridized carbons (Fsp3) is 0.714. The van der Waals surface area contributed by atoms with E-state index < -0.39 is 0 Å². The number of thiophene rings is 1. The third-order valence-electron chi connectivity index (χ3n) is 2.65. The van der Waals surface area contributed by atoms with Crippen LogP contribution in [0.3, 0.4) is 0 Å². The SMILES string of the molecule is CCCNC(COCCC)c1ccc(CC)s1. The van der Waals surface area contributed by atoms with Gasteiger partial charge in [0.2, 0.25) is 0 Å². The first-order valence-electron chi connectivity index (χ1n) is 6.71. The summed E-state index contributed by atoms with van der Waals surface area (Å²) < 4.78 is 5.68. The molecular formula is C14H25NOS. The summed E-state index contributed by atoms with van der Waals surface area (Å²) in [6, 6.07) is 4.85. The summed E-state index contributed by atoms with van der Waals surface area (Å²) in [5.41, 5.74) is 0. The molecule has 0 aliphatic carbocycles. The fourth-order valence-electron chi connectivity index (χ4n) is 1.68. The van der Waals surface area contributed by atoms with Crippen molar-refractivity contribution in [1.29, 1.82) is 0 Å². The standard InChI is InChI=1S/C14H25NOS/c1-4-9-15-13(11-16-10-5-2)14-8-7-12(6-3)17-14/h7-8,13,15H,4-6,9-11H2,1-3H3. The minimum Gasteiger partial charge on any atom is -0.379 e. The van der Waals surface area contributed by atoms with Gasteiger partial charge in [-0.1, -0.05) is 20.8 Å². The zero-order chi connectivity index (χ0) is 12.5. The highest BCUT2D eigenvalue weighted by molar-refractivity contribution is 7.12. The van der Waals surface area contributed by atoms with Gasteiger partial charge >= 0.3 is 0 Å². The quantitative estimate of drug-likeness (QED) is 0.678. The lowest BCUT2D eigenvalue weighted by atomic mass is 10.2. The van der Waals surface area contributed by atoms with Gasteiger partial charge in [0.15, 0.2) is 0 Å². The summed E-state index contributed by atoms with van der Waals surface area (Å²) in [6.07, 6.45) is 3.38. The van der Waals surface area contributed by atoms with Gasteiger partial charge in [-0.05, 0) is 37.9 Å². The van der Waals surface area contributed by atoms with Gasteiger partial charge in [0.05, 0.1) is 12.6 Å². The van der Waals surface area contributed by atoms with Gasteiger partial charge in [0, 0.05) is 16.4 Å². The highest BCUT2D eigenvalue weighted by Crippen LogP contribution is 2.24. The van der Waals surface area contributed by atoms with E-state index in [4.69, 9.17) is 4.74 Å². The third-order valence-corrected chi connectivity index (χ3v) is 3.99. The molecule has 98 valence electrons. The van der Waals surface area contributed by atoms with Gasteiger partial charge < -0.3 is 10.1 Å². The van der Waals surface area contributed by atoms with Crippen LogP contribution in [0.2, 0.25) is 0 Å². The largest absolute Gasteiger partial charge is 0.379 e. The van der Waals surface area contributed by atoms with Gasteiger partial charge in [-0.25, -0.2) is 0 Å². The molecule has 0 amide bonds. The van der Waals surface area contributed by atoms with Crippen LogP contribution in [-0.4, -0.2) is 19.8 Å². The second kappa shape index (κ2) is 8.67. The smallest absolute Gasteiger partial charge is 0.0669 e. The predicted octanol–water partition coefficient (Wildman–Crippen LogP) is 3.78. The summed E-state index contributed by atoms with van der Waals surface area (Å²) in [4.78, 5) is 2.87. The van der Waals surface area contributed by atoms with Crippen LogP contribution in [0.5, 0.6) is 0 Å². The van der Waals surface area contributed by atoms with Crippen LogP contribution in [0, 0.1) is 0 Å². The minimum atomic E-state index is 0.367. The average molecular weight is 255 g/mol. The molecule has 2 nitrogen and oxygen atoms in total. The summed E-state index contributed by atoms with van der Waals surface area (Å²) in [7, 11) is 0. The highest BCUT2D eigenvalue weighted by Gasteiger charge is 2.12. The van der Waals surface area contributed by atoms with Crippen molar-refractivity contribution in [2.24, 2.45) is 0 Å². The summed E-state index contributed by atoms with van der Waals surface area (Å²) in [5.74, 6) is 0. The van der Waals surface area contributed by atoms with Gasteiger partial charge in [0.25, 0.3) is 0 Å². The number of ether oxygens (including phenoxy) is 1. The third kappa shape index (κ3) is 5.19. The van der Waals surface area contributed by atoms with E-state index in [9.17, 15) is 0 Å². The first-order valence-corrected chi connectivity index (χ1v) is 7.53. The van der Waals surface area contributed by atoms with E-state index in [0.717, 1.165) is 39.0 Å². The van der Waals surface area contributed by atoms with Crippen molar-refractivity contribution < 1.29 is 4.74 Å². The molecule has 1 rings (SSSR count). The van der Waals surface area contributed by atoms with E-state index in [-0.39, 0.29) is 0 Å². The lowest BCUT2D eigenvalue weighted by Crippen LogP contribution is -2.25. The maximum atomic E-state index is 5.68. The van der Waals surface area contributed by atoms with E-state index in [1.165, 1.54) is 9.75 Å². The Balaban J connectivity index is 2.54. The van der Waals surface area contributed by atoms with Crippen molar-refractivity contribution >= 4 is 11.3 Å². The van der Waals surface area contributed by atoms with Crippen molar-refractivity contribution in [2.45, 2.75) is 46.1 Å². The van der Waals surface area contributed by atoms with Crippen LogP contribution in [0.1, 0.15) is 49.4 Å². The molecule has 1 heterocycles. The Labute approximate surface area is 109 Å². The van der Waals surface area contributed by atoms with Crippen molar-refractivity contribution in [1.82, 2.24) is 5.32 Å². The van der Waals surface area contributed by atoms with Gasteiger partial charge in [-0.3, -0.25) is 0 Å². The number of hydrogen-bond donors (Lipinski definition) is 1. The second-order valence-corrected chi connectivity index (χ2v) is 5.44. The molecule has 0 aliphatic heterocycles. The molecule has 0 bridgehead atoms. The van der Waals surface area contributed by atoms with E-state index >= 15 is 0 Å². The van der Waals surface area contributed by atoms with Gasteiger partial charge in [-0.15, -0.1) is 11.3 Å². The Bertz CT molecular complexity index is 298. The van der Waals surface area contributed by atoms with Crippen molar-refractivity contribution in [3.8, 4) is 0 Å². The summed E-state index contributed by atoms with van der Waals surface area (Å²) in [6.45, 7) is 9.25. The molecule has 0 fully saturated rings. The van der Waals surface area contributed by atoms with E-state index in [1.54, 1.807) is 0 Å². The molecule has 17 heavy (non-hydrogen) atoms. The zero-order valence-corrected chi connectivity index (χ0v) is 12.1. The topological polar surface area (TPSA) is 21.3 Å². The number of nitrogens with one attached hydrogen (secondary N) is 1. The second-order valence-electron chi connectivity index (χ2n) is 4.24. The molecule has 0 spiro atoms. The normalized spacial score (nSPS) is 12.9. The monoisotopic (exact) mass is 255 g/mol. The molecule has 0 aliphatic rings. The molecule has 1 aromatic heterocycles. The fourth-order valence-corrected chi connectivity index (χ4v) is 2.69. The maximum absolute atomic E-state index is 5.68. The number of aryl methyl sites for hydroxylation is 1. The molecule has 0 aromatic carbocycles. The highest BCUT2D eigenvalue weighted by atomic mass is 32.1. The molecule has 1 atom stereocenters.